The van der Waals surface area contributed by atoms with Gasteiger partial charge in [0.1, 0.15) is 5.69 Å². The van der Waals surface area contributed by atoms with Crippen molar-refractivity contribution in [3.8, 4) is 11.4 Å². The largest absolute Gasteiger partial charge is 0.312 e. The Hall–Kier alpha value is -3.16. The number of carbonyl (C=O) groups is 1. The first-order valence-corrected chi connectivity index (χ1v) is 11.7. The smallest absolute Gasteiger partial charge is 0.257 e. The standard InChI is InChI=1S/C24H20N4OS2/c29-23(27-24-26-21(16-30-24)20-11-3-4-13-25-20)18-8-5-10-19(15-18)31-28-14-6-9-17-7-1-2-12-22(17)28/h1-5,7-8,10-13,15-16H,6,9,14H2,(H,26,27,29). The van der Waals surface area contributed by atoms with Gasteiger partial charge in [0.25, 0.3) is 5.91 Å². The lowest BCUT2D eigenvalue weighted by molar-refractivity contribution is 0.102. The number of fused-ring (bicyclic) bond motifs is 1. The van der Waals surface area contributed by atoms with E-state index in [-0.39, 0.29) is 5.91 Å². The molecule has 2 aromatic carbocycles. The van der Waals surface area contributed by atoms with Gasteiger partial charge in [0.2, 0.25) is 0 Å². The van der Waals surface area contributed by atoms with E-state index in [1.54, 1.807) is 18.1 Å². The molecule has 0 spiro atoms. The Balaban J connectivity index is 1.29. The fourth-order valence-electron chi connectivity index (χ4n) is 3.55. The van der Waals surface area contributed by atoms with Crippen LogP contribution in [0.15, 0.2) is 83.2 Å². The summed E-state index contributed by atoms with van der Waals surface area (Å²) in [6.07, 6.45) is 3.98. The molecule has 1 aliphatic rings. The number of pyridine rings is 1. The number of aromatic nitrogens is 2. The Labute approximate surface area is 189 Å². The Bertz CT molecular complexity index is 1210. The van der Waals surface area contributed by atoms with Gasteiger partial charge in [0.05, 0.1) is 11.4 Å². The van der Waals surface area contributed by atoms with Crippen LogP contribution in [0.1, 0.15) is 22.3 Å². The first-order valence-electron chi connectivity index (χ1n) is 10.1. The van der Waals surface area contributed by atoms with Crippen molar-refractivity contribution in [3.63, 3.8) is 0 Å². The fraction of sp³-hybridized carbons (Fsp3) is 0.125. The zero-order chi connectivity index (χ0) is 21.0. The summed E-state index contributed by atoms with van der Waals surface area (Å²) in [7, 11) is 0. The van der Waals surface area contributed by atoms with Crippen LogP contribution in [0.5, 0.6) is 0 Å². The van der Waals surface area contributed by atoms with Crippen molar-refractivity contribution in [1.82, 2.24) is 9.97 Å². The van der Waals surface area contributed by atoms with Crippen molar-refractivity contribution < 1.29 is 4.79 Å². The lowest BCUT2D eigenvalue weighted by Gasteiger charge is -2.29. The molecule has 154 valence electrons. The maximum absolute atomic E-state index is 12.8. The molecule has 4 aromatic rings. The van der Waals surface area contributed by atoms with Crippen LogP contribution >= 0.6 is 23.3 Å². The summed E-state index contributed by atoms with van der Waals surface area (Å²) >= 11 is 3.07. The molecular weight excluding hydrogens is 424 g/mol. The number of carbonyl (C=O) groups excluding carboxylic acids is 1. The van der Waals surface area contributed by atoms with Gasteiger partial charge in [-0.1, -0.05) is 30.3 Å². The number of thiazole rings is 1. The van der Waals surface area contributed by atoms with E-state index in [4.69, 9.17) is 0 Å². The summed E-state index contributed by atoms with van der Waals surface area (Å²) in [5.74, 6) is -0.164. The molecule has 7 heteroatoms. The van der Waals surface area contributed by atoms with Crippen LogP contribution in [-0.2, 0) is 6.42 Å². The van der Waals surface area contributed by atoms with Crippen LogP contribution in [0.2, 0.25) is 0 Å². The maximum Gasteiger partial charge on any atom is 0.257 e. The molecular formula is C24H20N4OS2. The first-order chi connectivity index (χ1) is 15.3. The summed E-state index contributed by atoms with van der Waals surface area (Å²) in [6, 6.07) is 22.0. The Morgan fingerprint density at radius 3 is 2.84 bits per heavy atom. The highest BCUT2D eigenvalue weighted by molar-refractivity contribution is 8.00. The molecule has 0 fully saturated rings. The lowest BCUT2D eigenvalue weighted by atomic mass is 10.0. The van der Waals surface area contributed by atoms with E-state index in [1.807, 2.05) is 47.8 Å². The molecule has 0 unspecified atom stereocenters. The van der Waals surface area contributed by atoms with E-state index >= 15 is 0 Å². The maximum atomic E-state index is 12.8. The summed E-state index contributed by atoms with van der Waals surface area (Å²) in [5.41, 5.74) is 4.80. The van der Waals surface area contributed by atoms with E-state index in [2.05, 4.69) is 43.9 Å². The summed E-state index contributed by atoms with van der Waals surface area (Å²) in [6.45, 7) is 0.994. The predicted octanol–water partition coefficient (Wildman–Crippen LogP) is 5.92. The number of anilines is 2. The van der Waals surface area contributed by atoms with Crippen LogP contribution in [0, 0.1) is 0 Å². The normalized spacial score (nSPS) is 13.0. The molecule has 0 saturated carbocycles. The van der Waals surface area contributed by atoms with E-state index in [1.165, 1.54) is 22.6 Å². The topological polar surface area (TPSA) is 58.1 Å². The van der Waals surface area contributed by atoms with Crippen LogP contribution in [-0.4, -0.2) is 22.4 Å². The number of hydrogen-bond donors (Lipinski definition) is 1. The number of nitrogens with zero attached hydrogens (tertiary/aromatic N) is 3. The summed E-state index contributed by atoms with van der Waals surface area (Å²) in [4.78, 5) is 22.7. The third-order valence-corrected chi connectivity index (χ3v) is 6.85. The highest BCUT2D eigenvalue weighted by Gasteiger charge is 2.18. The highest BCUT2D eigenvalue weighted by Crippen LogP contribution is 2.35. The van der Waals surface area contributed by atoms with Crippen molar-refractivity contribution >= 4 is 40.0 Å². The van der Waals surface area contributed by atoms with E-state index in [0.29, 0.717) is 10.7 Å². The molecule has 0 saturated heterocycles. The van der Waals surface area contributed by atoms with E-state index in [9.17, 15) is 4.79 Å². The second kappa shape index (κ2) is 8.91. The van der Waals surface area contributed by atoms with Gasteiger partial charge in [-0.3, -0.25) is 15.1 Å². The number of hydrogen-bond acceptors (Lipinski definition) is 6. The SMILES string of the molecule is O=C(Nc1nc(-c2ccccn2)cs1)c1cccc(SN2CCCc3ccccc32)c1. The van der Waals surface area contributed by atoms with Crippen molar-refractivity contribution in [2.75, 3.05) is 16.2 Å². The van der Waals surface area contributed by atoms with Gasteiger partial charge < -0.3 is 4.31 Å². The second-order valence-corrected chi connectivity index (χ2v) is 9.11. The van der Waals surface area contributed by atoms with E-state index in [0.717, 1.165) is 35.7 Å². The van der Waals surface area contributed by atoms with Crippen molar-refractivity contribution in [2.45, 2.75) is 17.7 Å². The number of para-hydroxylation sites is 1. The zero-order valence-corrected chi connectivity index (χ0v) is 18.3. The molecule has 3 heterocycles. The summed E-state index contributed by atoms with van der Waals surface area (Å²) in [5, 5.41) is 5.38. The quantitative estimate of drug-likeness (QED) is 0.387. The van der Waals surface area contributed by atoms with Crippen LogP contribution < -0.4 is 9.62 Å². The van der Waals surface area contributed by atoms with Gasteiger partial charge in [0.15, 0.2) is 5.13 Å². The average molecular weight is 445 g/mol. The average Bonchev–Trinajstić information content (AvgIpc) is 3.29. The molecule has 1 aliphatic heterocycles. The molecule has 5 nitrogen and oxygen atoms in total. The fourth-order valence-corrected chi connectivity index (χ4v) is 5.32. The Kier molecular flexibility index (Phi) is 5.69. The van der Waals surface area contributed by atoms with E-state index < -0.39 is 0 Å². The molecule has 2 aromatic heterocycles. The van der Waals surface area contributed by atoms with Gasteiger partial charge in [-0.15, -0.1) is 11.3 Å². The van der Waals surface area contributed by atoms with Crippen molar-refractivity contribution in [2.24, 2.45) is 0 Å². The van der Waals surface area contributed by atoms with Gasteiger partial charge in [0, 0.05) is 28.6 Å². The molecule has 0 aliphatic carbocycles. The minimum absolute atomic E-state index is 0.164. The number of rotatable bonds is 5. The van der Waals surface area contributed by atoms with Crippen LogP contribution in [0.25, 0.3) is 11.4 Å². The minimum Gasteiger partial charge on any atom is -0.312 e. The van der Waals surface area contributed by atoms with Gasteiger partial charge in [-0.2, -0.15) is 0 Å². The number of nitrogens with one attached hydrogen (secondary N) is 1. The highest BCUT2D eigenvalue weighted by atomic mass is 32.2. The van der Waals surface area contributed by atoms with Crippen LogP contribution in [0.3, 0.4) is 0 Å². The molecule has 1 amide bonds. The number of aryl methyl sites for hydroxylation is 1. The third-order valence-electron chi connectivity index (χ3n) is 5.03. The van der Waals surface area contributed by atoms with Crippen LogP contribution in [0.4, 0.5) is 10.8 Å². The minimum atomic E-state index is -0.164. The number of amides is 1. The molecule has 1 N–H and O–H groups in total. The van der Waals surface area contributed by atoms with Crippen molar-refractivity contribution in [3.05, 3.63) is 89.4 Å². The monoisotopic (exact) mass is 444 g/mol. The molecule has 0 bridgehead atoms. The van der Waals surface area contributed by atoms with Gasteiger partial charge in [-0.05, 0) is 66.8 Å². The lowest BCUT2D eigenvalue weighted by Crippen LogP contribution is -2.22. The Morgan fingerprint density at radius 2 is 1.94 bits per heavy atom. The summed E-state index contributed by atoms with van der Waals surface area (Å²) < 4.78 is 2.32. The van der Waals surface area contributed by atoms with Gasteiger partial charge in [-0.25, -0.2) is 4.98 Å². The number of benzene rings is 2. The Morgan fingerprint density at radius 1 is 1.03 bits per heavy atom. The molecule has 31 heavy (non-hydrogen) atoms. The first kappa shape index (κ1) is 19.8. The molecule has 0 radical (unpaired) electrons. The predicted molar refractivity (Wildman–Crippen MR) is 128 cm³/mol. The zero-order valence-electron chi connectivity index (χ0n) is 16.7. The third kappa shape index (κ3) is 4.47. The van der Waals surface area contributed by atoms with Crippen molar-refractivity contribution in [1.29, 1.82) is 0 Å². The van der Waals surface area contributed by atoms with Gasteiger partial charge >= 0.3 is 0 Å². The molecule has 5 rings (SSSR count). The molecule has 0 atom stereocenters. The second-order valence-electron chi connectivity index (χ2n) is 7.16.